The average molecular weight is 400 g/mol. The first kappa shape index (κ1) is 19.5. The van der Waals surface area contributed by atoms with Crippen molar-refractivity contribution in [2.45, 2.75) is 37.5 Å². The van der Waals surface area contributed by atoms with Gasteiger partial charge in [-0.2, -0.15) is 0 Å². The molecule has 2 atom stereocenters. The molecule has 0 N–H and O–H groups in total. The molecule has 30 heavy (non-hydrogen) atoms. The fourth-order valence-corrected chi connectivity index (χ4v) is 5.08. The first-order chi connectivity index (χ1) is 14.7. The first-order valence-corrected chi connectivity index (χ1v) is 11.4. The summed E-state index contributed by atoms with van der Waals surface area (Å²) in [6.45, 7) is 3.71. The lowest BCUT2D eigenvalue weighted by Gasteiger charge is -2.32. The molecule has 1 saturated heterocycles. The van der Waals surface area contributed by atoms with Crippen molar-refractivity contribution >= 4 is 0 Å². The summed E-state index contributed by atoms with van der Waals surface area (Å²) in [6, 6.07) is 27.0. The van der Waals surface area contributed by atoms with Crippen LogP contribution in [0.3, 0.4) is 0 Å². The van der Waals surface area contributed by atoms with Gasteiger partial charge in [-0.25, -0.2) is 4.39 Å². The van der Waals surface area contributed by atoms with E-state index in [0.29, 0.717) is 5.92 Å². The van der Waals surface area contributed by atoms with Gasteiger partial charge >= 0.3 is 0 Å². The van der Waals surface area contributed by atoms with Crippen molar-refractivity contribution in [3.63, 3.8) is 0 Å². The highest BCUT2D eigenvalue weighted by atomic mass is 19.1. The minimum atomic E-state index is -0.169. The second kappa shape index (κ2) is 8.73. The fourth-order valence-electron chi connectivity index (χ4n) is 5.08. The van der Waals surface area contributed by atoms with Gasteiger partial charge in [0.1, 0.15) is 5.82 Å². The van der Waals surface area contributed by atoms with Crippen molar-refractivity contribution in [2.24, 2.45) is 5.92 Å². The Bertz CT molecular complexity index is 940. The summed E-state index contributed by atoms with van der Waals surface area (Å²) in [5.41, 5.74) is 5.46. The predicted molar refractivity (Wildman–Crippen MR) is 121 cm³/mol. The molecule has 1 heterocycles. The molecule has 2 fully saturated rings. The van der Waals surface area contributed by atoms with E-state index < -0.39 is 0 Å². The van der Waals surface area contributed by atoms with E-state index in [0.717, 1.165) is 23.8 Å². The van der Waals surface area contributed by atoms with Gasteiger partial charge in [0.2, 0.25) is 0 Å². The van der Waals surface area contributed by atoms with Crippen molar-refractivity contribution < 1.29 is 4.39 Å². The van der Waals surface area contributed by atoms with E-state index in [1.165, 1.54) is 55.6 Å². The molecule has 3 aromatic carbocycles. The van der Waals surface area contributed by atoms with Gasteiger partial charge < -0.3 is 4.90 Å². The Morgan fingerprint density at radius 1 is 0.733 bits per heavy atom. The molecule has 1 saturated carbocycles. The zero-order valence-corrected chi connectivity index (χ0v) is 17.5. The summed E-state index contributed by atoms with van der Waals surface area (Å²) in [7, 11) is 0. The number of rotatable bonds is 6. The largest absolute Gasteiger partial charge is 0.303 e. The molecule has 154 valence electrons. The Labute approximate surface area is 179 Å². The van der Waals surface area contributed by atoms with Crippen LogP contribution in [0.15, 0.2) is 78.9 Å². The smallest absolute Gasteiger partial charge is 0.123 e. The van der Waals surface area contributed by atoms with Gasteiger partial charge in [0.15, 0.2) is 0 Å². The zero-order valence-electron chi connectivity index (χ0n) is 17.5. The van der Waals surface area contributed by atoms with E-state index in [-0.39, 0.29) is 5.82 Å². The van der Waals surface area contributed by atoms with E-state index in [4.69, 9.17) is 0 Å². The molecular formula is C28H30FN. The lowest BCUT2D eigenvalue weighted by molar-refractivity contribution is 0.203. The highest BCUT2D eigenvalue weighted by Crippen LogP contribution is 2.48. The maximum atomic E-state index is 13.1. The third-order valence-corrected chi connectivity index (χ3v) is 7.00. The Balaban J connectivity index is 1.10. The van der Waals surface area contributed by atoms with E-state index in [2.05, 4.69) is 59.5 Å². The van der Waals surface area contributed by atoms with Crippen LogP contribution in [0.5, 0.6) is 0 Å². The number of likely N-dealkylation sites (tertiary alicyclic amines) is 1. The Hall–Kier alpha value is -2.45. The average Bonchev–Trinajstić information content (AvgIpc) is 3.56. The van der Waals surface area contributed by atoms with Crippen LogP contribution in [0.4, 0.5) is 4.39 Å². The van der Waals surface area contributed by atoms with Crippen molar-refractivity contribution in [2.75, 3.05) is 19.6 Å². The van der Waals surface area contributed by atoms with Gasteiger partial charge in [-0.15, -0.1) is 0 Å². The van der Waals surface area contributed by atoms with Crippen LogP contribution >= 0.6 is 0 Å². The van der Waals surface area contributed by atoms with E-state index in [1.807, 2.05) is 12.1 Å². The van der Waals surface area contributed by atoms with Crippen LogP contribution in [0, 0.1) is 11.7 Å². The monoisotopic (exact) mass is 399 g/mol. The maximum Gasteiger partial charge on any atom is 0.123 e. The number of piperidine rings is 1. The third kappa shape index (κ3) is 4.65. The molecule has 0 radical (unpaired) electrons. The Morgan fingerprint density at radius 3 is 2.03 bits per heavy atom. The standard InChI is InChI=1S/C28H30FN/c29-27-12-8-22(9-13-27)18-21-6-10-23(11-7-21)24-14-16-30(17-15-24)20-26-19-28(26)25-4-2-1-3-5-25/h1-13,24,26,28H,14-20H2/t26-,28-/m0/s1. The summed E-state index contributed by atoms with van der Waals surface area (Å²) in [6.07, 6.45) is 4.75. The van der Waals surface area contributed by atoms with Crippen LogP contribution < -0.4 is 0 Å². The van der Waals surface area contributed by atoms with E-state index in [9.17, 15) is 4.39 Å². The topological polar surface area (TPSA) is 3.24 Å². The van der Waals surface area contributed by atoms with Crippen LogP contribution in [0.25, 0.3) is 0 Å². The second-order valence-corrected chi connectivity index (χ2v) is 9.13. The molecule has 1 aliphatic heterocycles. The SMILES string of the molecule is Fc1ccc(Cc2ccc(C3CCN(C[C@@H]4C[C@H]4c4ccccc4)CC3)cc2)cc1. The summed E-state index contributed by atoms with van der Waals surface area (Å²) >= 11 is 0. The molecule has 1 nitrogen and oxygen atoms in total. The molecule has 5 rings (SSSR count). The number of benzene rings is 3. The normalized spacial score (nSPS) is 22.2. The van der Waals surface area contributed by atoms with E-state index >= 15 is 0 Å². The number of hydrogen-bond acceptors (Lipinski definition) is 1. The lowest BCUT2D eigenvalue weighted by atomic mass is 9.88. The molecule has 0 bridgehead atoms. The van der Waals surface area contributed by atoms with Gasteiger partial charge in [-0.3, -0.25) is 0 Å². The molecule has 0 unspecified atom stereocenters. The molecular weight excluding hydrogens is 369 g/mol. The maximum absolute atomic E-state index is 13.1. The number of nitrogens with zero attached hydrogens (tertiary/aromatic N) is 1. The fraction of sp³-hybridized carbons (Fsp3) is 0.357. The van der Waals surface area contributed by atoms with Crippen molar-refractivity contribution in [1.29, 1.82) is 0 Å². The van der Waals surface area contributed by atoms with Crippen molar-refractivity contribution in [3.8, 4) is 0 Å². The zero-order chi connectivity index (χ0) is 20.3. The highest BCUT2D eigenvalue weighted by molar-refractivity contribution is 5.31. The molecule has 0 spiro atoms. The quantitative estimate of drug-likeness (QED) is 0.464. The molecule has 1 aliphatic carbocycles. The van der Waals surface area contributed by atoms with E-state index in [1.54, 1.807) is 12.1 Å². The van der Waals surface area contributed by atoms with Crippen LogP contribution in [-0.2, 0) is 6.42 Å². The highest BCUT2D eigenvalue weighted by Gasteiger charge is 2.39. The van der Waals surface area contributed by atoms with Gasteiger partial charge in [0, 0.05) is 6.54 Å². The molecule has 3 aromatic rings. The van der Waals surface area contributed by atoms with Crippen LogP contribution in [-0.4, -0.2) is 24.5 Å². The minimum absolute atomic E-state index is 0.169. The number of hydrogen-bond donors (Lipinski definition) is 0. The van der Waals surface area contributed by atoms with Gasteiger partial charge in [0.25, 0.3) is 0 Å². The summed E-state index contributed by atoms with van der Waals surface area (Å²) in [4.78, 5) is 2.69. The summed E-state index contributed by atoms with van der Waals surface area (Å²) < 4.78 is 13.1. The minimum Gasteiger partial charge on any atom is -0.303 e. The Kier molecular flexibility index (Phi) is 5.68. The summed E-state index contributed by atoms with van der Waals surface area (Å²) in [5, 5.41) is 0. The van der Waals surface area contributed by atoms with Crippen LogP contribution in [0.2, 0.25) is 0 Å². The van der Waals surface area contributed by atoms with Crippen molar-refractivity contribution in [3.05, 3.63) is 107 Å². The molecule has 0 aromatic heterocycles. The number of halogens is 1. The molecule has 2 aliphatic rings. The van der Waals surface area contributed by atoms with Crippen molar-refractivity contribution in [1.82, 2.24) is 4.90 Å². The lowest BCUT2D eigenvalue weighted by Crippen LogP contribution is -2.34. The third-order valence-electron chi connectivity index (χ3n) is 7.00. The van der Waals surface area contributed by atoms with Crippen LogP contribution in [0.1, 0.15) is 53.4 Å². The Morgan fingerprint density at radius 2 is 1.37 bits per heavy atom. The first-order valence-electron chi connectivity index (χ1n) is 11.4. The predicted octanol–water partition coefficient (Wildman–Crippen LogP) is 6.40. The molecule has 2 heteroatoms. The second-order valence-electron chi connectivity index (χ2n) is 9.13. The van der Waals surface area contributed by atoms with Gasteiger partial charge in [0.05, 0.1) is 0 Å². The summed E-state index contributed by atoms with van der Waals surface area (Å²) in [5.74, 6) is 2.16. The van der Waals surface area contributed by atoms with Gasteiger partial charge in [-0.05, 0) is 90.9 Å². The molecule has 0 amide bonds. The van der Waals surface area contributed by atoms with Gasteiger partial charge in [-0.1, -0.05) is 66.7 Å².